The summed E-state index contributed by atoms with van der Waals surface area (Å²) in [5.41, 5.74) is 0.704. The molecule has 0 N–H and O–H groups in total. The average Bonchev–Trinajstić information content (AvgIpc) is 2.54. The Balaban J connectivity index is 1.77. The summed E-state index contributed by atoms with van der Waals surface area (Å²) < 4.78 is 0. The van der Waals surface area contributed by atoms with E-state index in [1.54, 1.807) is 0 Å². The first-order chi connectivity index (χ1) is 10.3. The van der Waals surface area contributed by atoms with Gasteiger partial charge < -0.3 is 0 Å². The monoisotopic (exact) mass is 287 g/mol. The van der Waals surface area contributed by atoms with E-state index in [0.717, 1.165) is 17.8 Å². The Hall–Kier alpha value is -0.510. The van der Waals surface area contributed by atoms with Crippen molar-refractivity contribution in [3.05, 3.63) is 0 Å². The standard InChI is InChI=1S/C20H33N/c1-2-13-20-14-4-3-6-18(20)7-5-8-19(20)17-11-9-16(15-21)10-12-17/h16-19H,2-14H2,1H3/t16?,17?,18-,19?,20+/m1/s1. The lowest BCUT2D eigenvalue weighted by molar-refractivity contribution is -0.0596. The SMILES string of the molecule is CCC[C@]12CCCC[C@@H]1CCCC2C1CCC(C#N)CC1. The molecule has 1 heteroatoms. The van der Waals surface area contributed by atoms with Crippen molar-refractivity contribution in [1.82, 2.24) is 0 Å². The third kappa shape index (κ3) is 2.88. The second kappa shape index (κ2) is 6.72. The van der Waals surface area contributed by atoms with Gasteiger partial charge in [-0.2, -0.15) is 5.26 Å². The average molecular weight is 287 g/mol. The Labute approximate surface area is 131 Å². The normalized spacial score (nSPS) is 43.8. The number of rotatable bonds is 3. The number of fused-ring (bicyclic) bond motifs is 1. The fourth-order valence-electron chi connectivity index (χ4n) is 6.46. The van der Waals surface area contributed by atoms with Crippen LogP contribution in [0.2, 0.25) is 0 Å². The van der Waals surface area contributed by atoms with Gasteiger partial charge in [0, 0.05) is 5.92 Å². The van der Waals surface area contributed by atoms with Crippen LogP contribution < -0.4 is 0 Å². The molecule has 3 fully saturated rings. The minimum Gasteiger partial charge on any atom is -0.198 e. The molecule has 21 heavy (non-hydrogen) atoms. The fraction of sp³-hybridized carbons (Fsp3) is 0.950. The molecule has 1 nitrogen and oxygen atoms in total. The molecule has 0 spiro atoms. The molecule has 0 aromatic carbocycles. The Morgan fingerprint density at radius 3 is 2.43 bits per heavy atom. The highest BCUT2D eigenvalue weighted by Gasteiger charge is 2.50. The second-order valence-electron chi connectivity index (χ2n) is 8.20. The van der Waals surface area contributed by atoms with Gasteiger partial charge in [0.2, 0.25) is 0 Å². The van der Waals surface area contributed by atoms with Gasteiger partial charge in [-0.1, -0.05) is 32.6 Å². The van der Waals surface area contributed by atoms with Gasteiger partial charge in [0.1, 0.15) is 0 Å². The van der Waals surface area contributed by atoms with E-state index in [2.05, 4.69) is 13.0 Å². The lowest BCUT2D eigenvalue weighted by Gasteiger charge is -2.56. The molecular weight excluding hydrogens is 254 g/mol. The molecule has 0 bridgehead atoms. The van der Waals surface area contributed by atoms with Gasteiger partial charge in [0.05, 0.1) is 6.07 Å². The molecule has 0 amide bonds. The summed E-state index contributed by atoms with van der Waals surface area (Å²) in [4.78, 5) is 0. The van der Waals surface area contributed by atoms with Crippen molar-refractivity contribution >= 4 is 0 Å². The molecule has 3 aliphatic rings. The highest BCUT2D eigenvalue weighted by Crippen LogP contribution is 2.59. The van der Waals surface area contributed by atoms with Gasteiger partial charge in [0.15, 0.2) is 0 Å². The molecule has 0 aromatic rings. The van der Waals surface area contributed by atoms with Crippen LogP contribution in [0.5, 0.6) is 0 Å². The van der Waals surface area contributed by atoms with Crippen LogP contribution in [-0.2, 0) is 0 Å². The summed E-state index contributed by atoms with van der Waals surface area (Å²) in [5.74, 6) is 3.35. The number of hydrogen-bond acceptors (Lipinski definition) is 1. The lowest BCUT2D eigenvalue weighted by Crippen LogP contribution is -2.47. The van der Waals surface area contributed by atoms with Gasteiger partial charge in [-0.25, -0.2) is 0 Å². The molecule has 0 aliphatic heterocycles. The van der Waals surface area contributed by atoms with Gasteiger partial charge in [0.25, 0.3) is 0 Å². The van der Waals surface area contributed by atoms with Crippen LogP contribution >= 0.6 is 0 Å². The van der Waals surface area contributed by atoms with Gasteiger partial charge in [-0.15, -0.1) is 0 Å². The molecular formula is C20H33N. The van der Waals surface area contributed by atoms with Crippen molar-refractivity contribution in [3.63, 3.8) is 0 Å². The van der Waals surface area contributed by atoms with Crippen LogP contribution in [0, 0.1) is 40.4 Å². The second-order valence-corrected chi connectivity index (χ2v) is 8.20. The molecule has 0 radical (unpaired) electrons. The molecule has 1 unspecified atom stereocenters. The molecule has 118 valence electrons. The number of hydrogen-bond donors (Lipinski definition) is 0. The molecule has 3 atom stereocenters. The van der Waals surface area contributed by atoms with Crippen molar-refractivity contribution in [3.8, 4) is 6.07 Å². The minimum absolute atomic E-state index is 0.370. The van der Waals surface area contributed by atoms with E-state index in [0.29, 0.717) is 11.3 Å². The summed E-state index contributed by atoms with van der Waals surface area (Å²) in [6.45, 7) is 2.40. The third-order valence-corrected chi connectivity index (χ3v) is 7.30. The van der Waals surface area contributed by atoms with Crippen molar-refractivity contribution in [2.24, 2.45) is 29.1 Å². The Morgan fingerprint density at radius 1 is 0.952 bits per heavy atom. The molecule has 3 rings (SSSR count). The summed E-state index contributed by atoms with van der Waals surface area (Å²) in [5, 5.41) is 9.16. The van der Waals surface area contributed by atoms with Gasteiger partial charge in [-0.05, 0) is 81.0 Å². The van der Waals surface area contributed by atoms with E-state index < -0.39 is 0 Å². The third-order valence-electron chi connectivity index (χ3n) is 7.30. The van der Waals surface area contributed by atoms with Crippen molar-refractivity contribution in [2.45, 2.75) is 90.4 Å². The lowest BCUT2D eigenvalue weighted by atomic mass is 9.49. The summed E-state index contributed by atoms with van der Waals surface area (Å²) in [7, 11) is 0. The van der Waals surface area contributed by atoms with E-state index in [9.17, 15) is 0 Å². The van der Waals surface area contributed by atoms with E-state index in [1.807, 2.05) is 0 Å². The predicted octanol–water partition coefficient (Wildman–Crippen LogP) is 6.09. The number of nitriles is 1. The molecule has 3 saturated carbocycles. The van der Waals surface area contributed by atoms with Crippen molar-refractivity contribution in [1.29, 1.82) is 5.26 Å². The topological polar surface area (TPSA) is 23.8 Å². The maximum atomic E-state index is 9.16. The summed E-state index contributed by atoms with van der Waals surface area (Å²) in [6, 6.07) is 2.52. The molecule has 0 heterocycles. The first-order valence-corrected chi connectivity index (χ1v) is 9.69. The van der Waals surface area contributed by atoms with Crippen LogP contribution in [0.15, 0.2) is 0 Å². The maximum Gasteiger partial charge on any atom is 0.0655 e. The smallest absolute Gasteiger partial charge is 0.0655 e. The first kappa shape index (κ1) is 15.4. The number of nitrogens with zero attached hydrogens (tertiary/aromatic N) is 1. The Kier molecular flexibility index (Phi) is 4.92. The quantitative estimate of drug-likeness (QED) is 0.616. The fourth-order valence-corrected chi connectivity index (χ4v) is 6.46. The zero-order valence-corrected chi connectivity index (χ0v) is 13.9. The van der Waals surface area contributed by atoms with E-state index in [1.165, 1.54) is 83.5 Å². The van der Waals surface area contributed by atoms with Crippen LogP contribution in [0.4, 0.5) is 0 Å². The van der Waals surface area contributed by atoms with Crippen LogP contribution in [0.1, 0.15) is 90.4 Å². The van der Waals surface area contributed by atoms with Crippen LogP contribution in [0.25, 0.3) is 0 Å². The zero-order chi connectivity index (χ0) is 14.7. The molecule has 0 saturated heterocycles. The predicted molar refractivity (Wildman–Crippen MR) is 87.7 cm³/mol. The van der Waals surface area contributed by atoms with Crippen molar-refractivity contribution in [2.75, 3.05) is 0 Å². The van der Waals surface area contributed by atoms with Crippen molar-refractivity contribution < 1.29 is 0 Å². The van der Waals surface area contributed by atoms with Crippen LogP contribution in [0.3, 0.4) is 0 Å². The van der Waals surface area contributed by atoms with E-state index >= 15 is 0 Å². The molecule has 3 aliphatic carbocycles. The summed E-state index contributed by atoms with van der Waals surface area (Å²) in [6.07, 6.45) is 18.4. The highest BCUT2D eigenvalue weighted by molar-refractivity contribution is 5.01. The van der Waals surface area contributed by atoms with E-state index in [-0.39, 0.29) is 0 Å². The highest BCUT2D eigenvalue weighted by atomic mass is 14.5. The van der Waals surface area contributed by atoms with Gasteiger partial charge >= 0.3 is 0 Å². The first-order valence-electron chi connectivity index (χ1n) is 9.69. The van der Waals surface area contributed by atoms with Gasteiger partial charge in [-0.3, -0.25) is 0 Å². The minimum atomic E-state index is 0.370. The Bertz CT molecular complexity index is 368. The maximum absolute atomic E-state index is 9.16. The largest absolute Gasteiger partial charge is 0.198 e. The Morgan fingerprint density at radius 2 is 1.71 bits per heavy atom. The van der Waals surface area contributed by atoms with E-state index in [4.69, 9.17) is 5.26 Å². The summed E-state index contributed by atoms with van der Waals surface area (Å²) >= 11 is 0. The van der Waals surface area contributed by atoms with Crippen LogP contribution in [-0.4, -0.2) is 0 Å². The molecule has 0 aromatic heterocycles. The zero-order valence-electron chi connectivity index (χ0n) is 13.9.